The molecule has 1 aliphatic heterocycles. The highest BCUT2D eigenvalue weighted by Gasteiger charge is 2.40. The molecule has 1 atom stereocenters. The summed E-state index contributed by atoms with van der Waals surface area (Å²) in [7, 11) is 0. The molecular weight excluding hydrogens is 346 g/mol. The maximum absolute atomic E-state index is 13.0. The highest BCUT2D eigenvalue weighted by molar-refractivity contribution is 6.05. The van der Waals surface area contributed by atoms with Gasteiger partial charge >= 0.3 is 0 Å². The molecule has 0 aromatic heterocycles. The van der Waals surface area contributed by atoms with Crippen LogP contribution in [-0.4, -0.2) is 15.9 Å². The Kier molecular flexibility index (Phi) is 4.74. The minimum atomic E-state index is -0.329. The van der Waals surface area contributed by atoms with Gasteiger partial charge in [-0.25, -0.2) is 0 Å². The van der Waals surface area contributed by atoms with E-state index >= 15 is 0 Å². The molecule has 3 aromatic rings. The van der Waals surface area contributed by atoms with Gasteiger partial charge < -0.3 is 10.0 Å². The molecule has 1 heterocycles. The van der Waals surface area contributed by atoms with Crippen LogP contribution in [0.2, 0.25) is 0 Å². The number of carbonyl (C=O) groups is 1. The minimum absolute atomic E-state index is 0.163. The third-order valence-corrected chi connectivity index (χ3v) is 5.26. The van der Waals surface area contributed by atoms with E-state index in [1.54, 1.807) is 4.90 Å². The number of hydrogen-bond acceptors (Lipinski definition) is 2. The van der Waals surface area contributed by atoms with Gasteiger partial charge in [-0.1, -0.05) is 90.0 Å². The third-order valence-electron chi connectivity index (χ3n) is 5.26. The van der Waals surface area contributed by atoms with Gasteiger partial charge in [0.2, 0.25) is 0 Å². The van der Waals surface area contributed by atoms with Crippen LogP contribution >= 0.6 is 0 Å². The second kappa shape index (κ2) is 7.35. The lowest BCUT2D eigenvalue weighted by atomic mass is 9.93. The smallest absolute Gasteiger partial charge is 0.290 e. The van der Waals surface area contributed by atoms with E-state index in [0.717, 1.165) is 22.3 Å². The van der Waals surface area contributed by atoms with E-state index in [-0.39, 0.29) is 17.7 Å². The first-order valence-electron chi connectivity index (χ1n) is 9.46. The van der Waals surface area contributed by atoms with Gasteiger partial charge in [0.1, 0.15) is 0 Å². The van der Waals surface area contributed by atoms with Crippen molar-refractivity contribution in [2.75, 3.05) is 0 Å². The van der Waals surface area contributed by atoms with Gasteiger partial charge in [-0.2, -0.15) is 0 Å². The second-order valence-corrected chi connectivity index (χ2v) is 7.36. The predicted molar refractivity (Wildman–Crippen MR) is 112 cm³/mol. The summed E-state index contributed by atoms with van der Waals surface area (Å²) in [5.41, 5.74) is 5.91. The molecule has 3 heteroatoms. The van der Waals surface area contributed by atoms with Gasteiger partial charge in [0, 0.05) is 12.1 Å². The lowest BCUT2D eigenvalue weighted by Crippen LogP contribution is -2.29. The summed E-state index contributed by atoms with van der Waals surface area (Å²) in [6, 6.07) is 25.7. The third kappa shape index (κ3) is 3.31. The Morgan fingerprint density at radius 1 is 0.821 bits per heavy atom. The van der Waals surface area contributed by atoms with Gasteiger partial charge in [0.25, 0.3) is 5.91 Å². The maximum atomic E-state index is 13.0. The number of carbonyl (C=O) groups excluding carboxylic acids is 1. The van der Waals surface area contributed by atoms with Crippen LogP contribution in [0, 0.1) is 13.8 Å². The molecule has 1 amide bonds. The first-order chi connectivity index (χ1) is 13.5. The molecule has 4 rings (SSSR count). The molecule has 0 spiro atoms. The topological polar surface area (TPSA) is 40.5 Å². The SMILES string of the molecule is Cc1ccc(CN2C(=O)C(O)=C(c3ccccc3)[C@@H]2c2ccc(C)cc2)cc1. The zero-order valence-electron chi connectivity index (χ0n) is 16.1. The van der Waals surface area contributed by atoms with Crippen molar-refractivity contribution >= 4 is 11.5 Å². The van der Waals surface area contributed by atoms with Crippen molar-refractivity contribution in [1.82, 2.24) is 4.90 Å². The van der Waals surface area contributed by atoms with Crippen LogP contribution in [0.25, 0.3) is 5.57 Å². The van der Waals surface area contributed by atoms with Gasteiger partial charge in [0.05, 0.1) is 6.04 Å². The van der Waals surface area contributed by atoms with Crippen molar-refractivity contribution in [3.05, 3.63) is 112 Å². The standard InChI is InChI=1S/C25H23NO2/c1-17-8-12-19(13-9-17)16-26-23(21-14-10-18(2)11-15-21)22(24(27)25(26)28)20-6-4-3-5-7-20/h3-15,23,27H,16H2,1-2H3/t23-/m0/s1. The Hall–Kier alpha value is -3.33. The monoisotopic (exact) mass is 369 g/mol. The number of aliphatic hydroxyl groups excluding tert-OH is 1. The van der Waals surface area contributed by atoms with Crippen LogP contribution in [0.5, 0.6) is 0 Å². The summed E-state index contributed by atoms with van der Waals surface area (Å²) in [6.45, 7) is 4.53. The van der Waals surface area contributed by atoms with E-state index in [2.05, 4.69) is 0 Å². The van der Waals surface area contributed by atoms with E-state index < -0.39 is 0 Å². The molecule has 0 radical (unpaired) electrons. The summed E-state index contributed by atoms with van der Waals surface area (Å²) in [6.07, 6.45) is 0. The van der Waals surface area contributed by atoms with Gasteiger partial charge in [-0.3, -0.25) is 4.79 Å². The first-order valence-corrected chi connectivity index (χ1v) is 9.46. The van der Waals surface area contributed by atoms with Gasteiger partial charge in [-0.15, -0.1) is 0 Å². The zero-order chi connectivity index (χ0) is 19.7. The van der Waals surface area contributed by atoms with E-state index in [1.165, 1.54) is 5.56 Å². The molecule has 0 saturated carbocycles. The largest absolute Gasteiger partial charge is 0.503 e. The molecule has 0 unspecified atom stereocenters. The van der Waals surface area contributed by atoms with Crippen molar-refractivity contribution < 1.29 is 9.90 Å². The highest BCUT2D eigenvalue weighted by atomic mass is 16.3. The van der Waals surface area contributed by atoms with Crippen LogP contribution in [0.15, 0.2) is 84.6 Å². The molecule has 140 valence electrons. The summed E-state index contributed by atoms with van der Waals surface area (Å²) in [4.78, 5) is 14.8. The van der Waals surface area contributed by atoms with Crippen LogP contribution in [0.1, 0.15) is 33.9 Å². The molecule has 0 bridgehead atoms. The predicted octanol–water partition coefficient (Wildman–Crippen LogP) is 5.36. The number of aryl methyl sites for hydroxylation is 2. The average Bonchev–Trinajstić information content (AvgIpc) is 2.96. The Bertz CT molecular complexity index is 1020. The molecule has 0 fully saturated rings. The van der Waals surface area contributed by atoms with Gasteiger partial charge in [-0.05, 0) is 30.5 Å². The van der Waals surface area contributed by atoms with Crippen molar-refractivity contribution in [3.8, 4) is 0 Å². The molecule has 0 aliphatic carbocycles. The van der Waals surface area contributed by atoms with Crippen molar-refractivity contribution in [1.29, 1.82) is 0 Å². The van der Waals surface area contributed by atoms with Crippen LogP contribution < -0.4 is 0 Å². The summed E-state index contributed by atoms with van der Waals surface area (Å²) in [5, 5.41) is 10.8. The van der Waals surface area contributed by atoms with E-state index in [0.29, 0.717) is 12.1 Å². The van der Waals surface area contributed by atoms with Crippen LogP contribution in [0.4, 0.5) is 0 Å². The summed E-state index contributed by atoms with van der Waals surface area (Å²) >= 11 is 0. The number of amides is 1. The molecule has 3 aromatic carbocycles. The fourth-order valence-corrected chi connectivity index (χ4v) is 3.71. The van der Waals surface area contributed by atoms with E-state index in [4.69, 9.17) is 0 Å². The number of rotatable bonds is 4. The number of nitrogens with zero attached hydrogens (tertiary/aromatic N) is 1. The summed E-state index contributed by atoms with van der Waals surface area (Å²) in [5.74, 6) is -0.492. The number of benzene rings is 3. The fraction of sp³-hybridized carbons (Fsp3) is 0.160. The lowest BCUT2D eigenvalue weighted by Gasteiger charge is -2.27. The van der Waals surface area contributed by atoms with Crippen LogP contribution in [0.3, 0.4) is 0 Å². The number of hydrogen-bond donors (Lipinski definition) is 1. The molecule has 0 saturated heterocycles. The van der Waals surface area contributed by atoms with E-state index in [1.807, 2.05) is 92.7 Å². The second-order valence-electron chi connectivity index (χ2n) is 7.36. The van der Waals surface area contributed by atoms with Crippen molar-refractivity contribution in [2.24, 2.45) is 0 Å². The van der Waals surface area contributed by atoms with E-state index in [9.17, 15) is 9.90 Å². The molecule has 1 N–H and O–H groups in total. The molecule has 3 nitrogen and oxygen atoms in total. The zero-order valence-corrected chi connectivity index (χ0v) is 16.1. The Labute approximate surface area is 165 Å². The molecule has 1 aliphatic rings. The Morgan fingerprint density at radius 3 is 2.00 bits per heavy atom. The Morgan fingerprint density at radius 2 is 1.39 bits per heavy atom. The minimum Gasteiger partial charge on any atom is -0.503 e. The van der Waals surface area contributed by atoms with Crippen molar-refractivity contribution in [3.63, 3.8) is 0 Å². The fourth-order valence-electron chi connectivity index (χ4n) is 3.71. The van der Waals surface area contributed by atoms with Gasteiger partial charge in [0.15, 0.2) is 5.76 Å². The summed E-state index contributed by atoms with van der Waals surface area (Å²) < 4.78 is 0. The Balaban J connectivity index is 1.80. The number of aliphatic hydroxyl groups is 1. The maximum Gasteiger partial charge on any atom is 0.290 e. The highest BCUT2D eigenvalue weighted by Crippen LogP contribution is 2.43. The molecular formula is C25H23NO2. The quantitative estimate of drug-likeness (QED) is 0.673. The lowest BCUT2D eigenvalue weighted by molar-refractivity contribution is -0.130. The normalized spacial score (nSPS) is 16.7. The first kappa shape index (κ1) is 18.1. The van der Waals surface area contributed by atoms with Crippen molar-refractivity contribution in [2.45, 2.75) is 26.4 Å². The molecule has 28 heavy (non-hydrogen) atoms. The van der Waals surface area contributed by atoms with Crippen LogP contribution in [-0.2, 0) is 11.3 Å². The average molecular weight is 369 g/mol.